The lowest BCUT2D eigenvalue weighted by Crippen LogP contribution is -2.25. The fraction of sp³-hybridized carbons (Fsp3) is 0.409. The molecule has 8 nitrogen and oxygen atoms in total. The van der Waals surface area contributed by atoms with Gasteiger partial charge in [-0.25, -0.2) is 10.5 Å². The molecule has 0 aromatic carbocycles. The number of anilines is 1. The number of hydrogen-bond acceptors (Lipinski definition) is 5. The monoisotopic (exact) mass is 411 g/mol. The van der Waals surface area contributed by atoms with Crippen LogP contribution in [0.2, 0.25) is 0 Å². The van der Waals surface area contributed by atoms with Crippen LogP contribution in [-0.2, 0) is 16.0 Å². The zero-order chi connectivity index (χ0) is 21.8. The van der Waals surface area contributed by atoms with Gasteiger partial charge in [-0.05, 0) is 36.6 Å². The largest absolute Gasteiger partial charge is 0.369 e. The number of hydroxylamine groups is 1. The summed E-state index contributed by atoms with van der Waals surface area (Å²) in [5.41, 5.74) is 4.04. The average molecular weight is 412 g/mol. The predicted octanol–water partition coefficient (Wildman–Crippen LogP) is 2.53. The fourth-order valence-electron chi connectivity index (χ4n) is 3.04. The van der Waals surface area contributed by atoms with Crippen molar-refractivity contribution in [3.05, 3.63) is 35.7 Å². The molecule has 160 valence electrons. The number of nitrogens with one attached hydrogen (secondary N) is 3. The summed E-state index contributed by atoms with van der Waals surface area (Å²) in [5.74, 6) is 2.55. The summed E-state index contributed by atoms with van der Waals surface area (Å²) in [6, 6.07) is 3.71. The maximum Gasteiger partial charge on any atom is 0.267 e. The molecule has 0 fully saturated rings. The minimum absolute atomic E-state index is 0.103. The molecule has 0 atom stereocenters. The molecule has 0 unspecified atom stereocenters. The number of carbonyl (C=O) groups is 2. The van der Waals surface area contributed by atoms with Crippen LogP contribution < -0.4 is 16.1 Å². The van der Waals surface area contributed by atoms with Crippen LogP contribution in [0.15, 0.2) is 24.4 Å². The number of hydrogen-bond donors (Lipinski definition) is 4. The number of fused-ring (bicyclic) bond motifs is 1. The maximum absolute atomic E-state index is 11.8. The van der Waals surface area contributed by atoms with Gasteiger partial charge in [0.15, 0.2) is 0 Å². The first-order valence-electron chi connectivity index (χ1n) is 10.2. The SMILES string of the molecule is C#CCNC(=O)CCNc1c(CCCCCC)nc2cc(/C=C/C(=O)NO)ccn12. The van der Waals surface area contributed by atoms with Gasteiger partial charge in [-0.1, -0.05) is 32.1 Å². The number of nitrogens with zero attached hydrogens (tertiary/aromatic N) is 2. The van der Waals surface area contributed by atoms with Crippen LogP contribution in [-0.4, -0.2) is 39.5 Å². The van der Waals surface area contributed by atoms with E-state index in [0.29, 0.717) is 13.0 Å². The highest BCUT2D eigenvalue weighted by Gasteiger charge is 2.13. The lowest BCUT2D eigenvalue weighted by molar-refractivity contribution is -0.124. The molecular formula is C22H29N5O3. The van der Waals surface area contributed by atoms with Gasteiger partial charge in [-0.15, -0.1) is 6.42 Å². The van der Waals surface area contributed by atoms with E-state index in [1.165, 1.54) is 18.9 Å². The van der Waals surface area contributed by atoms with Gasteiger partial charge in [-0.3, -0.25) is 19.2 Å². The molecule has 0 saturated heterocycles. The molecule has 0 bridgehead atoms. The van der Waals surface area contributed by atoms with Gasteiger partial charge in [0.2, 0.25) is 5.91 Å². The average Bonchev–Trinajstić information content (AvgIpc) is 3.10. The van der Waals surface area contributed by atoms with Gasteiger partial charge in [0.25, 0.3) is 5.91 Å². The molecule has 30 heavy (non-hydrogen) atoms. The van der Waals surface area contributed by atoms with E-state index in [2.05, 4.69) is 23.5 Å². The van der Waals surface area contributed by atoms with Crippen LogP contribution in [0.3, 0.4) is 0 Å². The van der Waals surface area contributed by atoms with E-state index < -0.39 is 5.91 Å². The highest BCUT2D eigenvalue weighted by Crippen LogP contribution is 2.22. The normalized spacial score (nSPS) is 10.8. The van der Waals surface area contributed by atoms with Crippen LogP contribution >= 0.6 is 0 Å². The molecule has 0 aliphatic rings. The summed E-state index contributed by atoms with van der Waals surface area (Å²) in [7, 11) is 0. The third kappa shape index (κ3) is 6.94. The number of pyridine rings is 1. The Hall–Kier alpha value is -3.31. The molecule has 2 rings (SSSR count). The third-order valence-electron chi connectivity index (χ3n) is 4.56. The Bertz CT molecular complexity index is 927. The number of unbranched alkanes of at least 4 members (excludes halogenated alkanes) is 3. The van der Waals surface area contributed by atoms with Crippen molar-refractivity contribution in [3.8, 4) is 12.3 Å². The van der Waals surface area contributed by atoms with Crippen molar-refractivity contribution in [2.24, 2.45) is 0 Å². The summed E-state index contributed by atoms with van der Waals surface area (Å²) in [4.78, 5) is 27.7. The smallest absolute Gasteiger partial charge is 0.267 e. The lowest BCUT2D eigenvalue weighted by Gasteiger charge is -2.09. The van der Waals surface area contributed by atoms with E-state index in [4.69, 9.17) is 16.6 Å². The summed E-state index contributed by atoms with van der Waals surface area (Å²) in [6.45, 7) is 2.86. The van der Waals surface area contributed by atoms with Crippen LogP contribution in [0.1, 0.15) is 50.3 Å². The minimum Gasteiger partial charge on any atom is -0.369 e. The number of imidazole rings is 1. The zero-order valence-corrected chi connectivity index (χ0v) is 17.3. The van der Waals surface area contributed by atoms with Crippen molar-refractivity contribution in [1.82, 2.24) is 20.2 Å². The van der Waals surface area contributed by atoms with Crippen LogP contribution in [0.25, 0.3) is 11.7 Å². The molecule has 0 aliphatic heterocycles. The van der Waals surface area contributed by atoms with Crippen molar-refractivity contribution in [2.45, 2.75) is 45.4 Å². The maximum atomic E-state index is 11.8. The number of rotatable bonds is 12. The molecule has 2 amide bonds. The Morgan fingerprint density at radius 3 is 2.90 bits per heavy atom. The summed E-state index contributed by atoms with van der Waals surface area (Å²) in [5, 5.41) is 14.6. The lowest BCUT2D eigenvalue weighted by atomic mass is 10.1. The Morgan fingerprint density at radius 2 is 2.17 bits per heavy atom. The molecule has 2 aromatic heterocycles. The van der Waals surface area contributed by atoms with E-state index in [0.717, 1.165) is 42.0 Å². The van der Waals surface area contributed by atoms with Gasteiger partial charge >= 0.3 is 0 Å². The standard InChI is InChI=1S/C22H29N5O3/c1-3-5-6-7-8-18-22(24-14-11-20(28)23-13-4-2)27-15-12-17(16-19(27)25-18)9-10-21(29)26-30/h2,9-10,12,15-16,24,30H,3,5-8,11,13-14H2,1H3,(H,23,28)(H,26,29)/b10-9+. The Kier molecular flexibility index (Phi) is 9.42. The quantitative estimate of drug-likeness (QED) is 0.141. The van der Waals surface area contributed by atoms with E-state index in [1.807, 2.05) is 22.7 Å². The van der Waals surface area contributed by atoms with Crippen molar-refractivity contribution in [3.63, 3.8) is 0 Å². The minimum atomic E-state index is -0.597. The number of aryl methyl sites for hydroxylation is 1. The second-order valence-electron chi connectivity index (χ2n) is 6.87. The van der Waals surface area contributed by atoms with Crippen molar-refractivity contribution in [2.75, 3.05) is 18.4 Å². The second-order valence-corrected chi connectivity index (χ2v) is 6.87. The summed E-state index contributed by atoms with van der Waals surface area (Å²) < 4.78 is 1.94. The predicted molar refractivity (Wildman–Crippen MR) is 117 cm³/mol. The molecule has 0 radical (unpaired) electrons. The third-order valence-corrected chi connectivity index (χ3v) is 4.56. The van der Waals surface area contributed by atoms with Gasteiger partial charge < -0.3 is 10.6 Å². The number of carbonyl (C=O) groups excluding carboxylic acids is 2. The van der Waals surface area contributed by atoms with Gasteiger partial charge in [-0.2, -0.15) is 0 Å². The van der Waals surface area contributed by atoms with E-state index in [-0.39, 0.29) is 12.5 Å². The Morgan fingerprint density at radius 1 is 1.33 bits per heavy atom. The molecule has 4 N–H and O–H groups in total. The van der Waals surface area contributed by atoms with Crippen molar-refractivity contribution in [1.29, 1.82) is 0 Å². The highest BCUT2D eigenvalue weighted by atomic mass is 16.5. The van der Waals surface area contributed by atoms with Crippen molar-refractivity contribution >= 4 is 29.4 Å². The van der Waals surface area contributed by atoms with E-state index in [9.17, 15) is 9.59 Å². The fourth-order valence-corrected chi connectivity index (χ4v) is 3.04. The summed E-state index contributed by atoms with van der Waals surface area (Å²) in [6.07, 6.45) is 15.6. The molecule has 2 aromatic rings. The molecule has 0 saturated carbocycles. The highest BCUT2D eigenvalue weighted by molar-refractivity contribution is 5.91. The molecule has 0 spiro atoms. The first kappa shape index (κ1) is 23.0. The Balaban J connectivity index is 2.18. The first-order chi connectivity index (χ1) is 14.6. The molecular weight excluding hydrogens is 382 g/mol. The number of terminal acetylenes is 1. The van der Waals surface area contributed by atoms with Crippen LogP contribution in [0.4, 0.5) is 5.82 Å². The molecule has 0 aliphatic carbocycles. The second kappa shape index (κ2) is 12.3. The first-order valence-corrected chi connectivity index (χ1v) is 10.2. The Labute approximate surface area is 176 Å². The number of aromatic nitrogens is 2. The number of amides is 2. The van der Waals surface area contributed by atoms with E-state index >= 15 is 0 Å². The van der Waals surface area contributed by atoms with Crippen molar-refractivity contribution < 1.29 is 14.8 Å². The van der Waals surface area contributed by atoms with Crippen LogP contribution in [0.5, 0.6) is 0 Å². The summed E-state index contributed by atoms with van der Waals surface area (Å²) >= 11 is 0. The van der Waals surface area contributed by atoms with Gasteiger partial charge in [0.1, 0.15) is 11.5 Å². The van der Waals surface area contributed by atoms with Gasteiger partial charge in [0, 0.05) is 25.2 Å². The van der Waals surface area contributed by atoms with Gasteiger partial charge in [0.05, 0.1) is 12.2 Å². The van der Waals surface area contributed by atoms with E-state index in [1.54, 1.807) is 11.6 Å². The molecule has 8 heteroatoms. The zero-order valence-electron chi connectivity index (χ0n) is 17.3. The topological polar surface area (TPSA) is 108 Å². The van der Waals surface area contributed by atoms with Crippen LogP contribution in [0, 0.1) is 12.3 Å². The molecule has 2 heterocycles.